The molecule has 0 aliphatic carbocycles. The highest BCUT2D eigenvalue weighted by Crippen LogP contribution is 2.18. The van der Waals surface area contributed by atoms with Gasteiger partial charge < -0.3 is 10.2 Å². The number of carbonyl (C=O) groups excluding carboxylic acids is 2. The standard InChI is InChI=1S/C16H21ClN2O2/c1-12-11-15(20)18-9-10-19(12)16(21)8-4-6-13-5-2-3-7-14(13)17/h2-3,5,7,12H,4,6,8-11H2,1H3,(H,18,20). The fraction of sp³-hybridized carbons (Fsp3) is 0.500. The van der Waals surface area contributed by atoms with E-state index in [-0.39, 0.29) is 17.9 Å². The van der Waals surface area contributed by atoms with Crippen molar-refractivity contribution in [2.45, 2.75) is 38.6 Å². The molecule has 1 N–H and O–H groups in total. The van der Waals surface area contributed by atoms with E-state index in [0.29, 0.717) is 25.9 Å². The molecule has 1 aromatic rings. The number of benzene rings is 1. The van der Waals surface area contributed by atoms with E-state index >= 15 is 0 Å². The van der Waals surface area contributed by atoms with Crippen molar-refractivity contribution in [2.75, 3.05) is 13.1 Å². The van der Waals surface area contributed by atoms with Gasteiger partial charge in [-0.15, -0.1) is 0 Å². The van der Waals surface area contributed by atoms with Crippen LogP contribution < -0.4 is 5.32 Å². The van der Waals surface area contributed by atoms with Gasteiger partial charge in [-0.2, -0.15) is 0 Å². The summed E-state index contributed by atoms with van der Waals surface area (Å²) in [6.07, 6.45) is 2.44. The molecule has 1 saturated heterocycles. The monoisotopic (exact) mass is 308 g/mol. The maximum Gasteiger partial charge on any atom is 0.222 e. The van der Waals surface area contributed by atoms with Crippen molar-refractivity contribution in [3.63, 3.8) is 0 Å². The van der Waals surface area contributed by atoms with Gasteiger partial charge in [-0.05, 0) is 31.4 Å². The van der Waals surface area contributed by atoms with Crippen LogP contribution in [-0.4, -0.2) is 35.8 Å². The zero-order chi connectivity index (χ0) is 15.2. The number of hydrogen-bond acceptors (Lipinski definition) is 2. The second-order valence-electron chi connectivity index (χ2n) is 5.44. The molecule has 1 aliphatic heterocycles. The van der Waals surface area contributed by atoms with Gasteiger partial charge in [-0.1, -0.05) is 29.8 Å². The van der Waals surface area contributed by atoms with Crippen LogP contribution in [0.3, 0.4) is 0 Å². The molecular weight excluding hydrogens is 288 g/mol. The van der Waals surface area contributed by atoms with E-state index in [0.717, 1.165) is 23.4 Å². The Balaban J connectivity index is 1.84. The summed E-state index contributed by atoms with van der Waals surface area (Å²) in [5, 5.41) is 3.55. The lowest BCUT2D eigenvalue weighted by Crippen LogP contribution is -2.39. The van der Waals surface area contributed by atoms with Crippen molar-refractivity contribution in [3.05, 3.63) is 34.9 Å². The highest BCUT2D eigenvalue weighted by atomic mass is 35.5. The van der Waals surface area contributed by atoms with Crippen LogP contribution in [0.4, 0.5) is 0 Å². The summed E-state index contributed by atoms with van der Waals surface area (Å²) in [6, 6.07) is 7.69. The minimum atomic E-state index is -0.0275. The first-order valence-electron chi connectivity index (χ1n) is 7.37. The number of carbonyl (C=O) groups is 2. The summed E-state index contributed by atoms with van der Waals surface area (Å²) in [7, 11) is 0. The minimum absolute atomic E-state index is 0.0221. The van der Waals surface area contributed by atoms with Crippen molar-refractivity contribution >= 4 is 23.4 Å². The zero-order valence-electron chi connectivity index (χ0n) is 12.3. The number of amides is 2. The Kier molecular flexibility index (Phi) is 5.62. The fourth-order valence-corrected chi connectivity index (χ4v) is 2.86. The molecule has 0 bridgehead atoms. The van der Waals surface area contributed by atoms with Crippen molar-refractivity contribution in [1.82, 2.24) is 10.2 Å². The molecule has 1 aliphatic rings. The van der Waals surface area contributed by atoms with Crippen molar-refractivity contribution in [3.8, 4) is 0 Å². The molecule has 1 unspecified atom stereocenters. The average Bonchev–Trinajstić information content (AvgIpc) is 2.61. The molecular formula is C16H21ClN2O2. The van der Waals surface area contributed by atoms with Gasteiger partial charge in [-0.25, -0.2) is 0 Å². The quantitative estimate of drug-likeness (QED) is 0.928. The summed E-state index contributed by atoms with van der Waals surface area (Å²) in [6.45, 7) is 3.06. The second kappa shape index (κ2) is 7.46. The molecule has 1 heterocycles. The molecule has 1 atom stereocenters. The molecule has 5 heteroatoms. The third-order valence-electron chi connectivity index (χ3n) is 3.80. The van der Waals surface area contributed by atoms with Gasteiger partial charge in [0.15, 0.2) is 0 Å². The lowest BCUT2D eigenvalue weighted by molar-refractivity contribution is -0.133. The van der Waals surface area contributed by atoms with Gasteiger partial charge in [0.2, 0.25) is 11.8 Å². The van der Waals surface area contributed by atoms with Crippen LogP contribution in [0, 0.1) is 0 Å². The minimum Gasteiger partial charge on any atom is -0.354 e. The largest absolute Gasteiger partial charge is 0.354 e. The maximum absolute atomic E-state index is 12.3. The van der Waals surface area contributed by atoms with Crippen LogP contribution in [-0.2, 0) is 16.0 Å². The molecule has 0 radical (unpaired) electrons. The first-order valence-corrected chi connectivity index (χ1v) is 7.75. The third kappa shape index (κ3) is 4.46. The topological polar surface area (TPSA) is 49.4 Å². The van der Waals surface area contributed by atoms with E-state index in [4.69, 9.17) is 11.6 Å². The van der Waals surface area contributed by atoms with E-state index in [1.165, 1.54) is 0 Å². The molecule has 4 nitrogen and oxygen atoms in total. The van der Waals surface area contributed by atoms with E-state index in [2.05, 4.69) is 5.32 Å². The summed E-state index contributed by atoms with van der Waals surface area (Å²) >= 11 is 6.11. The molecule has 1 aromatic carbocycles. The third-order valence-corrected chi connectivity index (χ3v) is 4.17. The molecule has 0 spiro atoms. The van der Waals surface area contributed by atoms with Crippen LogP contribution in [0.2, 0.25) is 5.02 Å². The fourth-order valence-electron chi connectivity index (χ4n) is 2.63. The lowest BCUT2D eigenvalue weighted by atomic mass is 10.1. The molecule has 2 amide bonds. The van der Waals surface area contributed by atoms with Gasteiger partial charge >= 0.3 is 0 Å². The van der Waals surface area contributed by atoms with Crippen molar-refractivity contribution < 1.29 is 9.59 Å². The Bertz CT molecular complexity index is 519. The lowest BCUT2D eigenvalue weighted by Gasteiger charge is -2.26. The smallest absolute Gasteiger partial charge is 0.222 e. The van der Waals surface area contributed by atoms with Crippen LogP contribution in [0.15, 0.2) is 24.3 Å². The average molecular weight is 309 g/mol. The number of nitrogens with one attached hydrogen (secondary N) is 1. The SMILES string of the molecule is CC1CC(=O)NCCN1C(=O)CCCc1ccccc1Cl. The Morgan fingerprint density at radius 2 is 2.19 bits per heavy atom. The Morgan fingerprint density at radius 1 is 1.43 bits per heavy atom. The number of nitrogens with zero attached hydrogens (tertiary/aromatic N) is 1. The maximum atomic E-state index is 12.3. The Hall–Kier alpha value is -1.55. The number of rotatable bonds is 4. The number of aryl methyl sites for hydroxylation is 1. The Morgan fingerprint density at radius 3 is 2.95 bits per heavy atom. The van der Waals surface area contributed by atoms with Crippen LogP contribution in [0.1, 0.15) is 31.7 Å². The molecule has 1 fully saturated rings. The number of hydrogen-bond donors (Lipinski definition) is 1. The molecule has 0 aromatic heterocycles. The first-order chi connectivity index (χ1) is 10.1. The highest BCUT2D eigenvalue weighted by Gasteiger charge is 2.24. The molecule has 2 rings (SSSR count). The van der Waals surface area contributed by atoms with E-state index in [1.807, 2.05) is 36.1 Å². The summed E-state index contributed by atoms with van der Waals surface area (Å²) in [5.41, 5.74) is 1.08. The van der Waals surface area contributed by atoms with Gasteiger partial charge in [0.1, 0.15) is 0 Å². The zero-order valence-corrected chi connectivity index (χ0v) is 13.0. The summed E-state index contributed by atoms with van der Waals surface area (Å²) in [5.74, 6) is 0.139. The number of halogens is 1. The van der Waals surface area contributed by atoms with Gasteiger partial charge in [-0.3, -0.25) is 9.59 Å². The predicted octanol–water partition coefficient (Wildman–Crippen LogP) is 2.40. The first kappa shape index (κ1) is 15.8. The highest BCUT2D eigenvalue weighted by molar-refractivity contribution is 6.31. The summed E-state index contributed by atoms with van der Waals surface area (Å²) < 4.78 is 0. The normalized spacial score (nSPS) is 19.0. The van der Waals surface area contributed by atoms with Crippen LogP contribution in [0.5, 0.6) is 0 Å². The predicted molar refractivity (Wildman–Crippen MR) is 83.2 cm³/mol. The van der Waals surface area contributed by atoms with E-state index in [1.54, 1.807) is 0 Å². The molecule has 21 heavy (non-hydrogen) atoms. The van der Waals surface area contributed by atoms with Crippen LogP contribution >= 0.6 is 11.6 Å². The molecule has 114 valence electrons. The van der Waals surface area contributed by atoms with Gasteiger partial charge in [0, 0.05) is 37.0 Å². The van der Waals surface area contributed by atoms with E-state index in [9.17, 15) is 9.59 Å². The van der Waals surface area contributed by atoms with Gasteiger partial charge in [0.25, 0.3) is 0 Å². The molecule has 0 saturated carbocycles. The van der Waals surface area contributed by atoms with E-state index < -0.39 is 0 Å². The van der Waals surface area contributed by atoms with Crippen molar-refractivity contribution in [2.24, 2.45) is 0 Å². The summed E-state index contributed by atoms with van der Waals surface area (Å²) in [4.78, 5) is 25.5. The van der Waals surface area contributed by atoms with Gasteiger partial charge in [0.05, 0.1) is 0 Å². The van der Waals surface area contributed by atoms with Crippen LogP contribution in [0.25, 0.3) is 0 Å². The van der Waals surface area contributed by atoms with Crippen molar-refractivity contribution in [1.29, 1.82) is 0 Å². The second-order valence-corrected chi connectivity index (χ2v) is 5.84. The Labute approximate surface area is 130 Å².